The second-order valence-electron chi connectivity index (χ2n) is 0.828. The van der Waals surface area contributed by atoms with Gasteiger partial charge in [-0.2, -0.15) is 0 Å². The second kappa shape index (κ2) is 4.61. The van der Waals surface area contributed by atoms with E-state index in [0.717, 1.165) is 0 Å². The maximum absolute atomic E-state index is 9.75. The van der Waals surface area contributed by atoms with Crippen molar-refractivity contribution in [3.63, 3.8) is 0 Å². The fourth-order valence-corrected chi connectivity index (χ4v) is 0. The Morgan fingerprint density at radius 1 is 1.25 bits per heavy atom. The third-order valence-corrected chi connectivity index (χ3v) is 0. The topological polar surface area (TPSA) is 25.6 Å². The summed E-state index contributed by atoms with van der Waals surface area (Å²) in [4.78, 5) is 0. The molecule has 0 aromatic heterocycles. The molecule has 8 heavy (non-hydrogen) atoms. The Morgan fingerprint density at radius 3 is 1.25 bits per heavy atom. The molecule has 1 nitrogen and oxygen atoms in total. The molecule has 0 aromatic carbocycles. The second-order valence-corrected chi connectivity index (χ2v) is 0.828. The maximum atomic E-state index is 9.75. The van der Waals surface area contributed by atoms with Gasteiger partial charge in [-0.25, -0.2) is 0 Å². The first-order chi connectivity index (χ1) is 3.41. The first-order valence-corrected chi connectivity index (χ1v) is 1.78. The van der Waals surface area contributed by atoms with E-state index in [0.29, 0.717) is 0 Å². The molecule has 0 fully saturated rings. The van der Waals surface area contributed by atoms with Crippen LogP contribution in [0.25, 0.3) is 0 Å². The fourth-order valence-electron chi connectivity index (χ4n) is 0. The monoisotopic (exact) mass is 131 g/mol. The molecule has 0 atom stereocenters. The van der Waals surface area contributed by atoms with Crippen LogP contribution < -0.4 is 5.41 Å². The number of hydrogen-bond acceptors (Lipinski definition) is 0. The van der Waals surface area contributed by atoms with Crippen molar-refractivity contribution < 1.29 is 22.7 Å². The van der Waals surface area contributed by atoms with E-state index in [1.165, 1.54) is 6.21 Å². The van der Waals surface area contributed by atoms with Crippen LogP contribution in [0, 0.1) is 0 Å². The standard InChI is InChI=1S/C2H5N.BF4/c1-2-3;2-1(3,4)5/h2-3H,1H3;/q;-1/p+1. The summed E-state index contributed by atoms with van der Waals surface area (Å²) in [7, 11) is -6.00. The van der Waals surface area contributed by atoms with Crippen molar-refractivity contribution >= 4 is 13.5 Å². The largest absolute Gasteiger partial charge is 0.673 e. The first kappa shape index (κ1) is 10.4. The summed E-state index contributed by atoms with van der Waals surface area (Å²) in [6.07, 6.45) is 1.50. The molecule has 0 radical (unpaired) electrons. The molecule has 0 spiro atoms. The van der Waals surface area contributed by atoms with Gasteiger partial charge in [-0.1, -0.05) is 0 Å². The molecule has 0 saturated heterocycles. The lowest BCUT2D eigenvalue weighted by molar-refractivity contribution is -0.106. The Kier molecular flexibility index (Phi) is 6.02. The molecule has 50 valence electrons. The van der Waals surface area contributed by atoms with Crippen LogP contribution in [0.3, 0.4) is 0 Å². The minimum atomic E-state index is -6.00. The van der Waals surface area contributed by atoms with E-state index in [4.69, 9.17) is 5.41 Å². The van der Waals surface area contributed by atoms with E-state index < -0.39 is 7.25 Å². The maximum Gasteiger partial charge on any atom is 0.673 e. The van der Waals surface area contributed by atoms with Gasteiger partial charge in [-0.15, -0.1) is 0 Å². The minimum absolute atomic E-state index is 1.50. The van der Waals surface area contributed by atoms with Crippen LogP contribution in [0.2, 0.25) is 0 Å². The molecule has 0 aliphatic carbocycles. The van der Waals surface area contributed by atoms with Gasteiger partial charge in [0.1, 0.15) is 6.21 Å². The van der Waals surface area contributed by atoms with E-state index in [9.17, 15) is 17.3 Å². The zero-order valence-electron chi connectivity index (χ0n) is 4.24. The van der Waals surface area contributed by atoms with Gasteiger partial charge in [0.05, 0.1) is 0 Å². The molecule has 6 heteroatoms. The summed E-state index contributed by atoms with van der Waals surface area (Å²) in [6, 6.07) is 0. The van der Waals surface area contributed by atoms with E-state index in [1.54, 1.807) is 6.92 Å². The van der Waals surface area contributed by atoms with Gasteiger partial charge in [0.2, 0.25) is 0 Å². The number of hydrogen-bond donors (Lipinski definition) is 1. The van der Waals surface area contributed by atoms with Crippen LogP contribution >= 0.6 is 0 Å². The van der Waals surface area contributed by atoms with E-state index >= 15 is 0 Å². The Bertz CT molecular complexity index is 53.5. The van der Waals surface area contributed by atoms with Crippen LogP contribution in [-0.4, -0.2) is 13.5 Å². The van der Waals surface area contributed by atoms with Gasteiger partial charge in [0.15, 0.2) is 0 Å². The van der Waals surface area contributed by atoms with E-state index in [1.807, 2.05) is 0 Å². The zero-order valence-corrected chi connectivity index (χ0v) is 4.24. The SMILES string of the molecule is CC=[NH2+].F[B-](F)(F)F. The van der Waals surface area contributed by atoms with Crippen LogP contribution in [0.1, 0.15) is 6.92 Å². The molecule has 0 rings (SSSR count). The third-order valence-electron chi connectivity index (χ3n) is 0. The highest BCUT2D eigenvalue weighted by atomic mass is 19.5. The van der Waals surface area contributed by atoms with Gasteiger partial charge < -0.3 is 17.3 Å². The first-order valence-electron chi connectivity index (χ1n) is 1.78. The van der Waals surface area contributed by atoms with Gasteiger partial charge in [0, 0.05) is 6.92 Å². The number of nitrogens with two attached hydrogens (primary N) is 1. The molecule has 2 N–H and O–H groups in total. The number of halogens is 4. The lowest BCUT2D eigenvalue weighted by Gasteiger charge is -1.94. The zero-order chi connectivity index (χ0) is 7.21. The molecular formula is C2H6BF4N. The third kappa shape index (κ3) is 364. The van der Waals surface area contributed by atoms with Crippen molar-refractivity contribution in [2.24, 2.45) is 0 Å². The lowest BCUT2D eigenvalue weighted by atomic mass is 10.3. The van der Waals surface area contributed by atoms with Crippen LogP contribution in [0.15, 0.2) is 0 Å². The molecule has 0 aromatic rings. The average molecular weight is 131 g/mol. The van der Waals surface area contributed by atoms with Crippen LogP contribution in [0.4, 0.5) is 17.3 Å². The van der Waals surface area contributed by atoms with Gasteiger partial charge >= 0.3 is 7.25 Å². The van der Waals surface area contributed by atoms with Crippen molar-refractivity contribution in [1.29, 1.82) is 0 Å². The van der Waals surface area contributed by atoms with Crippen LogP contribution in [-0.2, 0) is 0 Å². The smallest absolute Gasteiger partial charge is 0.418 e. The highest BCUT2D eigenvalue weighted by Gasteiger charge is 2.20. The Hall–Kier alpha value is -0.545. The van der Waals surface area contributed by atoms with Crippen molar-refractivity contribution in [3.05, 3.63) is 0 Å². The summed E-state index contributed by atoms with van der Waals surface area (Å²) < 4.78 is 39.0. The highest BCUT2D eigenvalue weighted by Crippen LogP contribution is 2.06. The molecule has 0 bridgehead atoms. The average Bonchev–Trinajstić information content (AvgIpc) is 1.27. The summed E-state index contributed by atoms with van der Waals surface area (Å²) in [6.45, 7) is 1.78. The molecule has 0 aliphatic rings. The van der Waals surface area contributed by atoms with Gasteiger partial charge in [0.25, 0.3) is 0 Å². The van der Waals surface area contributed by atoms with Crippen molar-refractivity contribution in [1.82, 2.24) is 0 Å². The van der Waals surface area contributed by atoms with Crippen molar-refractivity contribution in [2.75, 3.05) is 0 Å². The quantitative estimate of drug-likeness (QED) is 0.274. The van der Waals surface area contributed by atoms with Gasteiger partial charge in [-0.05, 0) is 0 Å². The summed E-state index contributed by atoms with van der Waals surface area (Å²) in [5.41, 5.74) is 0. The molecule has 0 saturated carbocycles. The van der Waals surface area contributed by atoms with E-state index in [-0.39, 0.29) is 0 Å². The minimum Gasteiger partial charge on any atom is -0.418 e. The predicted octanol–water partition coefficient (Wildman–Crippen LogP) is 0.136. The Balaban J connectivity index is 0. The van der Waals surface area contributed by atoms with Gasteiger partial charge in [-0.3, -0.25) is 5.41 Å². The molecule has 0 aliphatic heterocycles. The lowest BCUT2D eigenvalue weighted by Crippen LogP contribution is -2.27. The van der Waals surface area contributed by atoms with Crippen molar-refractivity contribution in [2.45, 2.75) is 6.92 Å². The molecule has 0 heterocycles. The highest BCUT2D eigenvalue weighted by molar-refractivity contribution is 6.50. The fraction of sp³-hybridized carbons (Fsp3) is 0.500. The number of rotatable bonds is 0. The summed E-state index contributed by atoms with van der Waals surface area (Å²) in [5.74, 6) is 0. The summed E-state index contributed by atoms with van der Waals surface area (Å²) in [5, 5.41) is 4.72. The van der Waals surface area contributed by atoms with E-state index in [2.05, 4.69) is 0 Å². The summed E-state index contributed by atoms with van der Waals surface area (Å²) >= 11 is 0. The van der Waals surface area contributed by atoms with Crippen molar-refractivity contribution in [3.8, 4) is 0 Å². The molecule has 0 unspecified atom stereocenters. The predicted molar refractivity (Wildman–Crippen MR) is 23.8 cm³/mol. The molecular weight excluding hydrogens is 125 g/mol. The Labute approximate surface area is 44.3 Å². The van der Waals surface area contributed by atoms with Crippen LogP contribution in [0.5, 0.6) is 0 Å². The Morgan fingerprint density at radius 2 is 1.25 bits per heavy atom. The molecule has 0 amide bonds. The normalized spacial score (nSPS) is 9.12.